The van der Waals surface area contributed by atoms with Crippen LogP contribution >= 0.6 is 11.6 Å². The van der Waals surface area contributed by atoms with Crippen molar-refractivity contribution in [2.24, 2.45) is 0 Å². The van der Waals surface area contributed by atoms with E-state index in [-0.39, 0.29) is 17.7 Å². The molecule has 1 aliphatic heterocycles. The van der Waals surface area contributed by atoms with Gasteiger partial charge in [-0.15, -0.1) is 0 Å². The van der Waals surface area contributed by atoms with Gasteiger partial charge in [-0.1, -0.05) is 48.0 Å². The van der Waals surface area contributed by atoms with Crippen LogP contribution in [-0.4, -0.2) is 34.4 Å². The van der Waals surface area contributed by atoms with Crippen LogP contribution in [0, 0.1) is 0 Å². The van der Waals surface area contributed by atoms with Gasteiger partial charge in [-0.3, -0.25) is 9.59 Å². The number of aromatic nitrogens is 1. The van der Waals surface area contributed by atoms with E-state index >= 15 is 0 Å². The van der Waals surface area contributed by atoms with Crippen LogP contribution in [0.3, 0.4) is 0 Å². The number of carbonyl (C=O) groups is 2. The van der Waals surface area contributed by atoms with E-state index < -0.39 is 6.04 Å². The van der Waals surface area contributed by atoms with Crippen LogP contribution in [0.15, 0.2) is 73.1 Å². The molecule has 0 radical (unpaired) electrons. The smallest absolute Gasteiger partial charge is 0.242 e. The topological polar surface area (TPSA) is 54.3 Å². The summed E-state index contributed by atoms with van der Waals surface area (Å²) in [7, 11) is 1.62. The Hall–Kier alpha value is -3.05. The number of carbonyl (C=O) groups excluding carboxylic acids is 2. The summed E-state index contributed by atoms with van der Waals surface area (Å²) in [6, 6.07) is 19.1. The lowest BCUT2D eigenvalue weighted by Crippen LogP contribution is -2.52. The number of benzene rings is 2. The van der Waals surface area contributed by atoms with Crippen LogP contribution in [-0.2, 0) is 29.1 Å². The lowest BCUT2D eigenvalue weighted by atomic mass is 9.90. The molecule has 2 heterocycles. The van der Waals surface area contributed by atoms with Crippen molar-refractivity contribution in [2.75, 3.05) is 7.05 Å². The van der Waals surface area contributed by atoms with Crippen LogP contribution in [0.25, 0.3) is 0 Å². The summed E-state index contributed by atoms with van der Waals surface area (Å²) >= 11 is 6.08. The highest BCUT2D eigenvalue weighted by Gasteiger charge is 2.35. The van der Waals surface area contributed by atoms with Gasteiger partial charge in [0.25, 0.3) is 0 Å². The molecule has 4 rings (SSSR count). The first-order chi connectivity index (χ1) is 15.0. The molecule has 1 N–H and O–H groups in total. The summed E-state index contributed by atoms with van der Waals surface area (Å²) in [5.74, 6) is -0.175. The highest BCUT2D eigenvalue weighted by Crippen LogP contribution is 2.29. The van der Waals surface area contributed by atoms with Gasteiger partial charge in [0.2, 0.25) is 11.8 Å². The van der Waals surface area contributed by atoms with Gasteiger partial charge in [0.15, 0.2) is 0 Å². The molecule has 6 heteroatoms. The van der Waals surface area contributed by atoms with Crippen LogP contribution in [0.2, 0.25) is 5.02 Å². The van der Waals surface area contributed by atoms with Crippen molar-refractivity contribution >= 4 is 23.4 Å². The fourth-order valence-electron chi connectivity index (χ4n) is 4.28. The summed E-state index contributed by atoms with van der Waals surface area (Å²) in [5, 5.41) is 3.39. The minimum absolute atomic E-state index is 0.0183. The molecule has 0 fully saturated rings. The van der Waals surface area contributed by atoms with Crippen molar-refractivity contribution in [3.05, 3.63) is 94.8 Å². The second-order valence-electron chi connectivity index (χ2n) is 7.96. The molecule has 2 amide bonds. The maximum atomic E-state index is 13.5. The van der Waals surface area contributed by atoms with Crippen molar-refractivity contribution in [1.82, 2.24) is 14.8 Å². The minimum atomic E-state index is -0.496. The quantitative estimate of drug-likeness (QED) is 0.636. The Kier molecular flexibility index (Phi) is 6.42. The van der Waals surface area contributed by atoms with E-state index in [2.05, 4.69) is 9.88 Å². The van der Waals surface area contributed by atoms with Gasteiger partial charge in [-0.2, -0.15) is 0 Å². The Morgan fingerprint density at radius 2 is 1.71 bits per heavy atom. The third kappa shape index (κ3) is 4.83. The monoisotopic (exact) mass is 435 g/mol. The third-order valence-electron chi connectivity index (χ3n) is 5.98. The number of fused-ring (bicyclic) bond motifs is 1. The second-order valence-corrected chi connectivity index (χ2v) is 8.39. The van der Waals surface area contributed by atoms with Crippen LogP contribution in [0.1, 0.15) is 29.0 Å². The first-order valence-corrected chi connectivity index (χ1v) is 10.9. The molecule has 2 atom stereocenters. The average molecular weight is 436 g/mol. The summed E-state index contributed by atoms with van der Waals surface area (Å²) in [6.07, 6.45) is 4.84. The predicted octanol–water partition coefficient (Wildman–Crippen LogP) is 4.01. The molecule has 0 bridgehead atoms. The zero-order valence-electron chi connectivity index (χ0n) is 17.5. The fourth-order valence-corrected chi connectivity index (χ4v) is 4.41. The molecule has 0 saturated carbocycles. The Morgan fingerprint density at radius 1 is 1.03 bits per heavy atom. The van der Waals surface area contributed by atoms with Gasteiger partial charge >= 0.3 is 0 Å². The number of nitrogens with zero attached hydrogens (tertiary/aromatic N) is 2. The van der Waals surface area contributed by atoms with Gasteiger partial charge in [0.1, 0.15) is 6.04 Å². The van der Waals surface area contributed by atoms with Crippen molar-refractivity contribution < 1.29 is 9.59 Å². The second kappa shape index (κ2) is 9.40. The number of hydrogen-bond acceptors (Lipinski definition) is 2. The van der Waals surface area contributed by atoms with E-state index in [0.717, 1.165) is 16.7 Å². The molecule has 1 aromatic heterocycles. The molecule has 5 nitrogen and oxygen atoms in total. The number of rotatable bonds is 6. The van der Waals surface area contributed by atoms with Gasteiger partial charge in [0.05, 0.1) is 0 Å². The number of likely N-dealkylation sites (N-methyl/N-ethyl adjacent to an activating group) is 1. The van der Waals surface area contributed by atoms with Crippen LogP contribution < -0.4 is 5.32 Å². The normalized spacial score (nSPS) is 16.5. The molecule has 2 aromatic carbocycles. The Bertz CT molecular complexity index is 1050. The van der Waals surface area contributed by atoms with Gasteiger partial charge < -0.3 is 14.8 Å². The molecule has 0 spiro atoms. The molecule has 160 valence electrons. The molecular weight excluding hydrogens is 410 g/mol. The fraction of sp³-hybridized carbons (Fsp3) is 0.280. The molecule has 0 unspecified atom stereocenters. The summed E-state index contributed by atoms with van der Waals surface area (Å²) in [6.45, 7) is 1.12. The largest absolute Gasteiger partial charge is 0.357 e. The zero-order valence-corrected chi connectivity index (χ0v) is 18.3. The lowest BCUT2D eigenvalue weighted by molar-refractivity contribution is -0.142. The summed E-state index contributed by atoms with van der Waals surface area (Å²) in [4.78, 5) is 27.9. The third-order valence-corrected chi connectivity index (χ3v) is 6.23. The molecule has 31 heavy (non-hydrogen) atoms. The van der Waals surface area contributed by atoms with E-state index in [0.29, 0.717) is 31.0 Å². The maximum Gasteiger partial charge on any atom is 0.242 e. The van der Waals surface area contributed by atoms with E-state index in [1.165, 1.54) is 0 Å². The average Bonchev–Trinajstić information content (AvgIpc) is 3.31. The number of amides is 2. The Labute approximate surface area is 187 Å². The van der Waals surface area contributed by atoms with Crippen molar-refractivity contribution in [2.45, 2.75) is 37.9 Å². The van der Waals surface area contributed by atoms with E-state index in [1.807, 2.05) is 73.1 Å². The van der Waals surface area contributed by atoms with Crippen LogP contribution in [0.4, 0.5) is 0 Å². The maximum absolute atomic E-state index is 13.5. The van der Waals surface area contributed by atoms with Gasteiger partial charge in [-0.25, -0.2) is 0 Å². The van der Waals surface area contributed by atoms with Crippen molar-refractivity contribution in [3.63, 3.8) is 0 Å². The predicted molar refractivity (Wildman–Crippen MR) is 122 cm³/mol. The Balaban J connectivity index is 1.60. The summed E-state index contributed by atoms with van der Waals surface area (Å²) in [5.41, 5.74) is 3.28. The highest BCUT2D eigenvalue weighted by molar-refractivity contribution is 6.30. The standard InChI is InChI=1S/C25H26ClN3O2/c1-27-25(31)23-14-19-6-2-3-7-20(19)17-29(23)24(30)15-21(16-28-12-4-5-13-28)18-8-10-22(26)11-9-18/h2-13,21,23H,14-17H2,1H3,(H,27,31)/t21-,23-/m0/s1. The number of hydrogen-bond donors (Lipinski definition) is 1. The van der Waals surface area contributed by atoms with E-state index in [4.69, 9.17) is 11.6 Å². The minimum Gasteiger partial charge on any atom is -0.357 e. The van der Waals surface area contributed by atoms with Gasteiger partial charge in [-0.05, 0) is 41.0 Å². The van der Waals surface area contributed by atoms with Crippen LogP contribution in [0.5, 0.6) is 0 Å². The molecule has 0 aliphatic carbocycles. The Morgan fingerprint density at radius 3 is 2.39 bits per heavy atom. The molecule has 1 aliphatic rings. The molecule has 3 aromatic rings. The van der Waals surface area contributed by atoms with Crippen molar-refractivity contribution in [3.8, 4) is 0 Å². The first kappa shape index (κ1) is 21.2. The summed E-state index contributed by atoms with van der Waals surface area (Å²) < 4.78 is 2.08. The SMILES string of the molecule is CNC(=O)[C@@H]1Cc2ccccc2CN1C(=O)C[C@@H](Cn1cccc1)c1ccc(Cl)cc1. The van der Waals surface area contributed by atoms with E-state index in [9.17, 15) is 9.59 Å². The van der Waals surface area contributed by atoms with Gasteiger partial charge in [0, 0.05) is 56.3 Å². The molecular formula is C25H26ClN3O2. The molecule has 0 saturated heterocycles. The van der Waals surface area contributed by atoms with Crippen molar-refractivity contribution in [1.29, 1.82) is 0 Å². The number of halogens is 1. The highest BCUT2D eigenvalue weighted by atomic mass is 35.5. The zero-order chi connectivity index (χ0) is 21.8. The first-order valence-electron chi connectivity index (χ1n) is 10.5. The lowest BCUT2D eigenvalue weighted by Gasteiger charge is -2.36. The number of nitrogens with one attached hydrogen (secondary N) is 1. The van der Waals surface area contributed by atoms with E-state index in [1.54, 1.807) is 11.9 Å².